The average molecular weight is 263 g/mol. The summed E-state index contributed by atoms with van der Waals surface area (Å²) in [4.78, 5) is 16.1. The second-order valence-corrected chi connectivity index (χ2v) is 4.04. The minimum atomic E-state index is -0.478. The summed E-state index contributed by atoms with van der Waals surface area (Å²) in [5, 5.41) is 5.74. The minimum Gasteiger partial charge on any atom is -0.497 e. The number of rotatable bonds is 4. The number of guanidine groups is 1. The lowest BCUT2D eigenvalue weighted by Crippen LogP contribution is -2.25. The van der Waals surface area contributed by atoms with Crippen LogP contribution in [0.4, 0.5) is 0 Å². The molecule has 2 rings (SSSR count). The first-order chi connectivity index (χ1) is 9.17. The Kier molecular flexibility index (Phi) is 3.89. The predicted octanol–water partition coefficient (Wildman–Crippen LogP) is 0.840. The number of aliphatic imine (C=N–C) groups is 1. The van der Waals surface area contributed by atoms with Gasteiger partial charge in [0.1, 0.15) is 17.5 Å². The molecular formula is C13H17N3O3. The summed E-state index contributed by atoms with van der Waals surface area (Å²) in [6.45, 7) is 2.51. The van der Waals surface area contributed by atoms with Gasteiger partial charge in [0.15, 0.2) is 5.96 Å². The average Bonchev–Trinajstić information content (AvgIpc) is 2.79. The number of ether oxygens (including phenoxy) is 2. The van der Waals surface area contributed by atoms with Crippen LogP contribution in [0.1, 0.15) is 18.5 Å². The molecule has 1 aliphatic rings. The number of benzene rings is 1. The van der Waals surface area contributed by atoms with E-state index in [4.69, 9.17) is 9.47 Å². The van der Waals surface area contributed by atoms with Crippen molar-refractivity contribution in [2.24, 2.45) is 4.99 Å². The fourth-order valence-electron chi connectivity index (χ4n) is 1.90. The van der Waals surface area contributed by atoms with Crippen molar-refractivity contribution in [2.75, 3.05) is 20.8 Å². The maximum atomic E-state index is 11.9. The maximum absolute atomic E-state index is 11.9. The number of hydrogen-bond donors (Lipinski definition) is 2. The van der Waals surface area contributed by atoms with E-state index in [9.17, 15) is 4.79 Å². The monoisotopic (exact) mass is 263 g/mol. The number of nitrogens with one attached hydrogen (secondary N) is 2. The molecule has 1 amide bonds. The first-order valence-electron chi connectivity index (χ1n) is 6.02. The van der Waals surface area contributed by atoms with Gasteiger partial charge in [0.05, 0.1) is 14.2 Å². The van der Waals surface area contributed by atoms with E-state index in [1.807, 2.05) is 6.92 Å². The second kappa shape index (κ2) is 5.60. The number of methoxy groups -OCH3 is 2. The van der Waals surface area contributed by atoms with Crippen molar-refractivity contribution in [3.63, 3.8) is 0 Å². The molecule has 19 heavy (non-hydrogen) atoms. The fourth-order valence-corrected chi connectivity index (χ4v) is 1.90. The Balaban J connectivity index is 2.31. The van der Waals surface area contributed by atoms with E-state index in [1.165, 1.54) is 0 Å². The topological polar surface area (TPSA) is 72.0 Å². The summed E-state index contributed by atoms with van der Waals surface area (Å²) < 4.78 is 10.4. The van der Waals surface area contributed by atoms with Gasteiger partial charge in [0, 0.05) is 12.6 Å². The highest BCUT2D eigenvalue weighted by Crippen LogP contribution is 2.27. The number of nitrogens with zero attached hydrogens (tertiary/aromatic N) is 1. The molecular weight excluding hydrogens is 246 g/mol. The van der Waals surface area contributed by atoms with E-state index in [1.54, 1.807) is 32.4 Å². The van der Waals surface area contributed by atoms with E-state index < -0.39 is 6.04 Å². The Morgan fingerprint density at radius 1 is 1.21 bits per heavy atom. The van der Waals surface area contributed by atoms with Crippen molar-refractivity contribution < 1.29 is 14.3 Å². The normalized spacial score (nSPS) is 20.1. The van der Waals surface area contributed by atoms with E-state index >= 15 is 0 Å². The highest BCUT2D eigenvalue weighted by atomic mass is 16.5. The maximum Gasteiger partial charge on any atom is 0.253 e. The van der Waals surface area contributed by atoms with Gasteiger partial charge in [-0.05, 0) is 24.6 Å². The largest absolute Gasteiger partial charge is 0.497 e. The van der Waals surface area contributed by atoms with Gasteiger partial charge in [-0.25, -0.2) is 0 Å². The van der Waals surface area contributed by atoms with Crippen molar-refractivity contribution in [1.82, 2.24) is 10.6 Å². The van der Waals surface area contributed by atoms with Gasteiger partial charge in [-0.1, -0.05) is 0 Å². The van der Waals surface area contributed by atoms with Crippen LogP contribution in [0.5, 0.6) is 11.5 Å². The Morgan fingerprint density at radius 2 is 1.84 bits per heavy atom. The van der Waals surface area contributed by atoms with Gasteiger partial charge in [0.25, 0.3) is 5.91 Å². The number of amides is 1. The molecule has 1 aromatic rings. The van der Waals surface area contributed by atoms with Crippen molar-refractivity contribution in [3.8, 4) is 11.5 Å². The smallest absolute Gasteiger partial charge is 0.253 e. The third-order valence-corrected chi connectivity index (χ3v) is 2.81. The van der Waals surface area contributed by atoms with E-state index in [2.05, 4.69) is 15.6 Å². The molecule has 0 aliphatic carbocycles. The van der Waals surface area contributed by atoms with Crippen LogP contribution in [0.15, 0.2) is 23.2 Å². The van der Waals surface area contributed by atoms with Gasteiger partial charge in [-0.15, -0.1) is 0 Å². The zero-order valence-electron chi connectivity index (χ0n) is 11.2. The van der Waals surface area contributed by atoms with Gasteiger partial charge >= 0.3 is 0 Å². The van der Waals surface area contributed by atoms with Crippen LogP contribution in [-0.4, -0.2) is 32.6 Å². The van der Waals surface area contributed by atoms with Crippen LogP contribution >= 0.6 is 0 Å². The van der Waals surface area contributed by atoms with Crippen molar-refractivity contribution >= 4 is 11.9 Å². The van der Waals surface area contributed by atoms with Crippen LogP contribution < -0.4 is 20.1 Å². The van der Waals surface area contributed by atoms with Gasteiger partial charge < -0.3 is 14.8 Å². The van der Waals surface area contributed by atoms with Crippen LogP contribution in [0.3, 0.4) is 0 Å². The molecule has 1 saturated heterocycles. The molecule has 1 aliphatic heterocycles. The van der Waals surface area contributed by atoms with Crippen molar-refractivity contribution in [3.05, 3.63) is 23.8 Å². The van der Waals surface area contributed by atoms with E-state index in [0.717, 1.165) is 5.56 Å². The Morgan fingerprint density at radius 3 is 2.37 bits per heavy atom. The lowest BCUT2D eigenvalue weighted by molar-refractivity contribution is -0.120. The lowest BCUT2D eigenvalue weighted by Gasteiger charge is -2.12. The summed E-state index contributed by atoms with van der Waals surface area (Å²) in [6, 6.07) is 4.88. The fraction of sp³-hybridized carbons (Fsp3) is 0.385. The molecule has 6 heteroatoms. The van der Waals surface area contributed by atoms with Crippen LogP contribution in [0.2, 0.25) is 0 Å². The van der Waals surface area contributed by atoms with Crippen molar-refractivity contribution in [2.45, 2.75) is 13.0 Å². The first-order valence-corrected chi connectivity index (χ1v) is 6.02. The van der Waals surface area contributed by atoms with Gasteiger partial charge in [-0.2, -0.15) is 0 Å². The predicted molar refractivity (Wildman–Crippen MR) is 71.5 cm³/mol. The molecule has 0 aromatic heterocycles. The molecule has 2 N–H and O–H groups in total. The molecule has 0 spiro atoms. The van der Waals surface area contributed by atoms with Gasteiger partial charge in [0.2, 0.25) is 0 Å². The second-order valence-electron chi connectivity index (χ2n) is 4.04. The molecule has 0 radical (unpaired) electrons. The third-order valence-electron chi connectivity index (χ3n) is 2.81. The SMILES string of the molecule is CCN=C1NC(=O)C(c2cc(OC)cc(OC)c2)N1. The van der Waals surface area contributed by atoms with E-state index in [0.29, 0.717) is 24.0 Å². The van der Waals surface area contributed by atoms with E-state index in [-0.39, 0.29) is 5.91 Å². The first kappa shape index (κ1) is 13.2. The Labute approximate surface area is 111 Å². The zero-order valence-corrected chi connectivity index (χ0v) is 11.2. The zero-order chi connectivity index (χ0) is 13.8. The molecule has 0 saturated carbocycles. The summed E-state index contributed by atoms with van der Waals surface area (Å²) in [5.41, 5.74) is 0.773. The Bertz CT molecular complexity index is 492. The molecule has 0 bridgehead atoms. The minimum absolute atomic E-state index is 0.137. The number of carbonyl (C=O) groups is 1. The summed E-state index contributed by atoms with van der Waals surface area (Å²) in [6.07, 6.45) is 0. The molecule has 1 fully saturated rings. The molecule has 1 aromatic carbocycles. The molecule has 102 valence electrons. The quantitative estimate of drug-likeness (QED) is 0.844. The van der Waals surface area contributed by atoms with Crippen molar-refractivity contribution in [1.29, 1.82) is 0 Å². The molecule has 6 nitrogen and oxygen atoms in total. The summed E-state index contributed by atoms with van der Waals surface area (Å²) in [5.74, 6) is 1.65. The Hall–Kier alpha value is -2.24. The summed E-state index contributed by atoms with van der Waals surface area (Å²) in [7, 11) is 3.15. The molecule has 1 heterocycles. The third kappa shape index (κ3) is 2.78. The van der Waals surface area contributed by atoms with Crippen LogP contribution in [-0.2, 0) is 4.79 Å². The summed E-state index contributed by atoms with van der Waals surface area (Å²) >= 11 is 0. The highest BCUT2D eigenvalue weighted by molar-refractivity contribution is 6.06. The molecule has 1 unspecified atom stereocenters. The lowest BCUT2D eigenvalue weighted by atomic mass is 10.1. The van der Waals surface area contributed by atoms with Gasteiger partial charge in [-0.3, -0.25) is 15.1 Å². The van der Waals surface area contributed by atoms with Crippen LogP contribution in [0, 0.1) is 0 Å². The standard InChI is InChI=1S/C13H17N3O3/c1-4-14-13-15-11(12(17)16-13)8-5-9(18-2)7-10(6-8)19-3/h5-7,11H,4H2,1-3H3,(H2,14,15,16,17). The number of carbonyl (C=O) groups excluding carboxylic acids is 1. The van der Waals surface area contributed by atoms with Crippen LogP contribution in [0.25, 0.3) is 0 Å². The number of hydrogen-bond acceptors (Lipinski definition) is 4. The highest BCUT2D eigenvalue weighted by Gasteiger charge is 2.30. The molecule has 1 atom stereocenters.